The normalized spacial score (nSPS) is 12.2. The third kappa shape index (κ3) is 3.27. The van der Waals surface area contributed by atoms with Crippen molar-refractivity contribution in [1.29, 1.82) is 0 Å². The van der Waals surface area contributed by atoms with Crippen molar-refractivity contribution in [3.8, 4) is 0 Å². The zero-order valence-electron chi connectivity index (χ0n) is 8.29. The monoisotopic (exact) mass is 282 g/mol. The molecule has 92 valence electrons. The molecule has 0 N–H and O–H groups in total. The van der Waals surface area contributed by atoms with Gasteiger partial charge in [-0.05, 0) is 11.4 Å². The van der Waals surface area contributed by atoms with E-state index in [0.29, 0.717) is 10.2 Å². The number of fused-ring (bicyclic) bond motifs is 1. The summed E-state index contributed by atoms with van der Waals surface area (Å²) in [5, 5.41) is 2.70. The molecule has 8 heteroatoms. The van der Waals surface area contributed by atoms with Crippen LogP contribution in [0.25, 0.3) is 10.2 Å². The fourth-order valence-corrected chi connectivity index (χ4v) is 2.27. The first kappa shape index (κ1) is 12.5. The minimum Gasteiger partial charge on any atom is -0.364 e. The van der Waals surface area contributed by atoms with Crippen molar-refractivity contribution in [2.45, 2.75) is 12.8 Å². The molecule has 0 fully saturated rings. The zero-order valence-corrected chi connectivity index (χ0v) is 9.86. The van der Waals surface area contributed by atoms with Crippen LogP contribution in [0.3, 0.4) is 0 Å². The molecule has 0 aliphatic carbocycles. The molecule has 2 aromatic heterocycles. The fraction of sp³-hybridized carbons (Fsp3) is 0.333. The van der Waals surface area contributed by atoms with Gasteiger partial charge in [0.25, 0.3) is 0 Å². The Kier molecular flexibility index (Phi) is 3.50. The molecule has 2 aromatic rings. The van der Waals surface area contributed by atoms with Crippen molar-refractivity contribution in [2.24, 2.45) is 0 Å². The lowest BCUT2D eigenvalue weighted by Crippen LogP contribution is -2.17. The van der Waals surface area contributed by atoms with Crippen LogP contribution < -0.4 is 0 Å². The first-order valence-electron chi connectivity index (χ1n) is 4.50. The summed E-state index contributed by atoms with van der Waals surface area (Å²) < 4.78 is 40.0. The van der Waals surface area contributed by atoms with Gasteiger partial charge in [0.15, 0.2) is 5.82 Å². The summed E-state index contributed by atoms with van der Waals surface area (Å²) in [6.45, 7) is -1.64. The van der Waals surface area contributed by atoms with E-state index in [9.17, 15) is 13.2 Å². The van der Waals surface area contributed by atoms with E-state index in [1.54, 1.807) is 11.4 Å². The van der Waals surface area contributed by atoms with Crippen molar-refractivity contribution in [3.05, 3.63) is 22.4 Å². The molecule has 0 unspecified atom stereocenters. The Morgan fingerprint density at radius 2 is 2.12 bits per heavy atom. The second-order valence-electron chi connectivity index (χ2n) is 3.18. The molecule has 0 amide bonds. The number of aromatic nitrogens is 2. The predicted octanol–water partition coefficient (Wildman–Crippen LogP) is 3.42. The van der Waals surface area contributed by atoms with E-state index in [4.69, 9.17) is 11.6 Å². The third-order valence-corrected chi connectivity index (χ3v) is 2.92. The van der Waals surface area contributed by atoms with Gasteiger partial charge in [-0.1, -0.05) is 11.6 Å². The highest BCUT2D eigenvalue weighted by Gasteiger charge is 2.27. The van der Waals surface area contributed by atoms with Crippen molar-refractivity contribution in [3.63, 3.8) is 0 Å². The maximum atomic E-state index is 11.9. The average Bonchev–Trinajstić information content (AvgIpc) is 2.64. The highest BCUT2D eigenvalue weighted by atomic mass is 35.5. The Morgan fingerprint density at radius 3 is 2.82 bits per heavy atom. The van der Waals surface area contributed by atoms with Crippen molar-refractivity contribution >= 4 is 33.2 Å². The van der Waals surface area contributed by atoms with Gasteiger partial charge in [0, 0.05) is 5.39 Å². The standard InChI is InChI=1S/C9H6ClF3N2OS/c10-7-5-1-2-17-8(5)15-6(14-7)3-16-4-9(11,12)13/h1-2H,3-4H2. The Morgan fingerprint density at radius 1 is 1.35 bits per heavy atom. The maximum absolute atomic E-state index is 11.9. The van der Waals surface area contributed by atoms with Crippen LogP contribution in [0, 0.1) is 0 Å². The molecule has 2 rings (SSSR count). The number of hydrogen-bond donors (Lipinski definition) is 0. The highest BCUT2D eigenvalue weighted by molar-refractivity contribution is 7.16. The number of nitrogens with zero attached hydrogens (tertiary/aromatic N) is 2. The summed E-state index contributed by atoms with van der Waals surface area (Å²) >= 11 is 7.19. The smallest absolute Gasteiger partial charge is 0.364 e. The van der Waals surface area contributed by atoms with E-state index < -0.39 is 12.8 Å². The van der Waals surface area contributed by atoms with Crippen LogP contribution in [0.4, 0.5) is 13.2 Å². The Balaban J connectivity index is 2.09. The van der Waals surface area contributed by atoms with Gasteiger partial charge in [0.05, 0.1) is 0 Å². The minimum atomic E-state index is -4.35. The molecule has 3 nitrogen and oxygen atoms in total. The van der Waals surface area contributed by atoms with Crippen LogP contribution in [0.1, 0.15) is 5.82 Å². The first-order valence-corrected chi connectivity index (χ1v) is 5.75. The van der Waals surface area contributed by atoms with Gasteiger partial charge in [-0.3, -0.25) is 0 Å². The second kappa shape index (κ2) is 4.75. The molecule has 0 bridgehead atoms. The van der Waals surface area contributed by atoms with E-state index in [1.807, 2.05) is 0 Å². The number of ether oxygens (including phenoxy) is 1. The summed E-state index contributed by atoms with van der Waals surface area (Å²) in [5.41, 5.74) is 0. The Bertz CT molecular complexity index is 528. The van der Waals surface area contributed by atoms with E-state index in [0.717, 1.165) is 0 Å². The average molecular weight is 283 g/mol. The maximum Gasteiger partial charge on any atom is 0.411 e. The van der Waals surface area contributed by atoms with Crippen molar-refractivity contribution in [1.82, 2.24) is 9.97 Å². The van der Waals surface area contributed by atoms with Gasteiger partial charge in [-0.2, -0.15) is 13.2 Å². The van der Waals surface area contributed by atoms with Gasteiger partial charge in [-0.25, -0.2) is 9.97 Å². The van der Waals surface area contributed by atoms with Crippen LogP contribution in [0.2, 0.25) is 5.15 Å². The van der Waals surface area contributed by atoms with Crippen LogP contribution in [-0.4, -0.2) is 22.8 Å². The highest BCUT2D eigenvalue weighted by Crippen LogP contribution is 2.25. The zero-order chi connectivity index (χ0) is 12.5. The molecule has 0 aliphatic heterocycles. The molecule has 0 spiro atoms. The minimum absolute atomic E-state index is 0.147. The molecular weight excluding hydrogens is 277 g/mol. The lowest BCUT2D eigenvalue weighted by atomic mass is 10.4. The van der Waals surface area contributed by atoms with Gasteiger partial charge in [0.2, 0.25) is 0 Å². The van der Waals surface area contributed by atoms with E-state index >= 15 is 0 Å². The number of hydrogen-bond acceptors (Lipinski definition) is 4. The molecule has 0 radical (unpaired) electrons. The van der Waals surface area contributed by atoms with Crippen LogP contribution in [0.15, 0.2) is 11.4 Å². The fourth-order valence-electron chi connectivity index (χ4n) is 1.18. The molecule has 0 saturated heterocycles. The third-order valence-electron chi connectivity index (χ3n) is 1.82. The topological polar surface area (TPSA) is 35.0 Å². The summed E-state index contributed by atoms with van der Waals surface area (Å²) in [4.78, 5) is 8.54. The Labute approximate surface area is 103 Å². The summed E-state index contributed by atoms with van der Waals surface area (Å²) in [5.74, 6) is 0.147. The quantitative estimate of drug-likeness (QED) is 0.809. The summed E-state index contributed by atoms with van der Waals surface area (Å²) in [6.07, 6.45) is -4.35. The number of thiophene rings is 1. The molecule has 0 aliphatic rings. The molecule has 0 atom stereocenters. The molecule has 0 aromatic carbocycles. The van der Waals surface area contributed by atoms with E-state index in [2.05, 4.69) is 14.7 Å². The van der Waals surface area contributed by atoms with Crippen LogP contribution in [0.5, 0.6) is 0 Å². The molecular formula is C9H6ClF3N2OS. The summed E-state index contributed by atoms with van der Waals surface area (Å²) in [6, 6.07) is 1.75. The van der Waals surface area contributed by atoms with Gasteiger partial charge >= 0.3 is 6.18 Å². The molecule has 2 heterocycles. The van der Waals surface area contributed by atoms with Crippen molar-refractivity contribution in [2.75, 3.05) is 6.61 Å². The number of halogens is 4. The first-order chi connectivity index (χ1) is 7.96. The lowest BCUT2D eigenvalue weighted by Gasteiger charge is -2.06. The Hall–Kier alpha value is -0.920. The second-order valence-corrected chi connectivity index (χ2v) is 4.43. The SMILES string of the molecule is FC(F)(F)COCc1nc(Cl)c2ccsc2n1. The number of rotatable bonds is 3. The van der Waals surface area contributed by atoms with E-state index in [-0.39, 0.29) is 17.6 Å². The summed E-state index contributed by atoms with van der Waals surface area (Å²) in [7, 11) is 0. The van der Waals surface area contributed by atoms with Crippen molar-refractivity contribution < 1.29 is 17.9 Å². The van der Waals surface area contributed by atoms with Gasteiger partial charge in [-0.15, -0.1) is 11.3 Å². The largest absolute Gasteiger partial charge is 0.411 e. The predicted molar refractivity (Wildman–Crippen MR) is 58.1 cm³/mol. The van der Waals surface area contributed by atoms with Gasteiger partial charge < -0.3 is 4.74 Å². The number of alkyl halides is 3. The van der Waals surface area contributed by atoms with E-state index in [1.165, 1.54) is 11.3 Å². The van der Waals surface area contributed by atoms with Crippen LogP contribution in [-0.2, 0) is 11.3 Å². The van der Waals surface area contributed by atoms with Gasteiger partial charge in [0.1, 0.15) is 23.2 Å². The lowest BCUT2D eigenvalue weighted by molar-refractivity contribution is -0.177. The van der Waals surface area contributed by atoms with Crippen LogP contribution >= 0.6 is 22.9 Å². The molecule has 17 heavy (non-hydrogen) atoms. The molecule has 0 saturated carbocycles.